The molecule has 2 aliphatic rings. The van der Waals surface area contributed by atoms with Gasteiger partial charge >= 0.3 is 0 Å². The van der Waals surface area contributed by atoms with Crippen molar-refractivity contribution in [3.63, 3.8) is 0 Å². The molecule has 202 valence electrons. The fraction of sp³-hybridized carbons (Fsp3) is 0.321. The van der Waals surface area contributed by atoms with Crippen LogP contribution in [0.4, 0.5) is 5.82 Å². The van der Waals surface area contributed by atoms with Gasteiger partial charge in [-0.2, -0.15) is 9.61 Å². The van der Waals surface area contributed by atoms with Crippen LogP contribution < -0.4 is 10.0 Å². The second-order valence-corrected chi connectivity index (χ2v) is 12.0. The first-order chi connectivity index (χ1) is 18.7. The molecule has 10 nitrogen and oxygen atoms in total. The summed E-state index contributed by atoms with van der Waals surface area (Å²) in [5, 5.41) is 20.6. The summed E-state index contributed by atoms with van der Waals surface area (Å²) >= 11 is 0. The highest BCUT2D eigenvalue weighted by Crippen LogP contribution is 2.50. The molecule has 1 aliphatic heterocycles. The average molecular weight is 547 g/mol. The van der Waals surface area contributed by atoms with E-state index >= 15 is 0 Å². The van der Waals surface area contributed by atoms with E-state index in [9.17, 15) is 18.3 Å². The van der Waals surface area contributed by atoms with Crippen molar-refractivity contribution >= 4 is 27.4 Å². The van der Waals surface area contributed by atoms with Crippen LogP contribution in [0.5, 0.6) is 0 Å². The Morgan fingerprint density at radius 3 is 2.54 bits per heavy atom. The minimum atomic E-state index is -3.94. The molecule has 0 radical (unpaired) electrons. The Kier molecular flexibility index (Phi) is 6.37. The third-order valence-electron chi connectivity index (χ3n) is 7.96. The highest BCUT2D eigenvalue weighted by Gasteiger charge is 2.45. The first-order valence-corrected chi connectivity index (χ1v) is 14.6. The maximum Gasteiger partial charge on any atom is 0.259 e. The monoisotopic (exact) mass is 546 g/mol. The first-order valence-electron chi connectivity index (χ1n) is 12.9. The summed E-state index contributed by atoms with van der Waals surface area (Å²) in [6.07, 6.45) is 4.67. The minimum absolute atomic E-state index is 0.160. The highest BCUT2D eigenvalue weighted by molar-refractivity contribution is 7.89. The van der Waals surface area contributed by atoms with Crippen LogP contribution in [-0.2, 0) is 22.0 Å². The van der Waals surface area contributed by atoms with Crippen molar-refractivity contribution < 1.29 is 18.3 Å². The van der Waals surface area contributed by atoms with Gasteiger partial charge in [-0.3, -0.25) is 4.79 Å². The third kappa shape index (κ3) is 4.77. The highest BCUT2D eigenvalue weighted by atomic mass is 32.2. The summed E-state index contributed by atoms with van der Waals surface area (Å²) in [6.45, 7) is 1.21. The van der Waals surface area contributed by atoms with E-state index < -0.39 is 22.0 Å². The fourth-order valence-corrected chi connectivity index (χ4v) is 6.81. The van der Waals surface area contributed by atoms with Gasteiger partial charge in [-0.05, 0) is 36.0 Å². The van der Waals surface area contributed by atoms with Gasteiger partial charge < -0.3 is 14.9 Å². The zero-order chi connectivity index (χ0) is 27.2. The van der Waals surface area contributed by atoms with Crippen LogP contribution >= 0.6 is 0 Å². The Morgan fingerprint density at radius 2 is 1.79 bits per heavy atom. The van der Waals surface area contributed by atoms with Gasteiger partial charge in [0.2, 0.25) is 10.0 Å². The van der Waals surface area contributed by atoms with Crippen LogP contribution in [0.2, 0.25) is 0 Å². The summed E-state index contributed by atoms with van der Waals surface area (Å²) < 4.78 is 26.1. The standard InChI is InChI=1S/C28H30N6O4S/c29-39(37,38)19-33(18-20-6-2-1-3-7-20)26-22(17-30-25-10-13-31-34(25)26)27(36)32-14-11-28(12-15-32)16-24(35)21-8-4-5-9-23(21)28/h1-10,13,17,24,35H,11-12,14-16,18-19H2,(H2,29,37,38). The number of likely N-dealkylation sites (tertiary alicyclic amines) is 1. The molecule has 1 unspecified atom stereocenters. The van der Waals surface area contributed by atoms with Gasteiger partial charge in [0.25, 0.3) is 5.91 Å². The van der Waals surface area contributed by atoms with Crippen molar-refractivity contribution in [2.24, 2.45) is 5.14 Å². The summed E-state index contributed by atoms with van der Waals surface area (Å²) in [5.74, 6) is -0.419. The number of sulfonamides is 1. The fourth-order valence-electron chi connectivity index (χ4n) is 6.16. The Labute approximate surface area is 226 Å². The zero-order valence-electron chi connectivity index (χ0n) is 21.3. The lowest BCUT2D eigenvalue weighted by Crippen LogP contribution is -2.45. The zero-order valence-corrected chi connectivity index (χ0v) is 22.2. The van der Waals surface area contributed by atoms with E-state index in [-0.39, 0.29) is 23.4 Å². The third-order valence-corrected chi connectivity index (χ3v) is 8.63. The number of fused-ring (bicyclic) bond motifs is 3. The summed E-state index contributed by atoms with van der Waals surface area (Å²) in [5.41, 5.74) is 3.60. The van der Waals surface area contributed by atoms with Crippen LogP contribution in [0.25, 0.3) is 5.65 Å². The molecule has 0 bridgehead atoms. The maximum absolute atomic E-state index is 14.0. The van der Waals surface area contributed by atoms with Gasteiger partial charge in [-0.1, -0.05) is 54.6 Å². The lowest BCUT2D eigenvalue weighted by molar-refractivity contribution is 0.0629. The van der Waals surface area contributed by atoms with Gasteiger partial charge in [0.15, 0.2) is 5.65 Å². The van der Waals surface area contributed by atoms with E-state index in [1.165, 1.54) is 16.3 Å². The van der Waals surface area contributed by atoms with Crippen LogP contribution in [0, 0.1) is 0 Å². The van der Waals surface area contributed by atoms with Crippen LogP contribution in [-0.4, -0.2) is 57.9 Å². The van der Waals surface area contributed by atoms with Crippen LogP contribution in [0.15, 0.2) is 73.1 Å². The normalized spacial score (nSPS) is 18.4. The van der Waals surface area contributed by atoms with Crippen molar-refractivity contribution in [3.8, 4) is 0 Å². The van der Waals surface area contributed by atoms with E-state index in [4.69, 9.17) is 5.14 Å². The molecule has 1 atom stereocenters. The topological polar surface area (TPSA) is 134 Å². The molecule has 0 saturated carbocycles. The van der Waals surface area contributed by atoms with Crippen molar-refractivity contribution in [2.45, 2.75) is 37.3 Å². The number of anilines is 1. The van der Waals surface area contributed by atoms with Crippen molar-refractivity contribution in [3.05, 3.63) is 95.3 Å². The summed E-state index contributed by atoms with van der Waals surface area (Å²) in [7, 11) is -3.94. The van der Waals surface area contributed by atoms with E-state index in [0.717, 1.165) is 24.0 Å². The Bertz CT molecular complexity index is 1630. The van der Waals surface area contributed by atoms with E-state index in [1.54, 1.807) is 22.1 Å². The van der Waals surface area contributed by atoms with Crippen molar-refractivity contribution in [2.75, 3.05) is 23.9 Å². The molecule has 39 heavy (non-hydrogen) atoms. The number of piperidine rings is 1. The molecular formula is C28H30N6O4S. The second kappa shape index (κ2) is 9.74. The predicted molar refractivity (Wildman–Crippen MR) is 146 cm³/mol. The first kappa shape index (κ1) is 25.5. The number of primary sulfonamides is 1. The number of aliphatic hydroxyl groups excluding tert-OH is 1. The SMILES string of the molecule is NS(=O)(=O)CN(Cc1ccccc1)c1c(C(=O)N2CCC3(CC2)CC(O)c2ccccc23)cnc2ccnn12. The lowest BCUT2D eigenvalue weighted by atomic mass is 9.73. The number of hydrogen-bond acceptors (Lipinski definition) is 7. The van der Waals surface area contributed by atoms with E-state index in [0.29, 0.717) is 31.0 Å². The van der Waals surface area contributed by atoms with Crippen molar-refractivity contribution in [1.29, 1.82) is 0 Å². The second-order valence-electron chi connectivity index (χ2n) is 10.5. The number of hydrogen-bond donors (Lipinski definition) is 2. The molecule has 1 saturated heterocycles. The smallest absolute Gasteiger partial charge is 0.259 e. The largest absolute Gasteiger partial charge is 0.388 e. The van der Waals surface area contributed by atoms with Gasteiger partial charge in [0, 0.05) is 37.3 Å². The van der Waals surface area contributed by atoms with Gasteiger partial charge in [0.05, 0.1) is 12.3 Å². The number of aromatic nitrogens is 3. The number of aliphatic hydroxyl groups is 1. The minimum Gasteiger partial charge on any atom is -0.388 e. The molecule has 4 aromatic rings. The molecule has 2 aromatic heterocycles. The number of carbonyl (C=O) groups excluding carboxylic acids is 1. The molecule has 1 amide bonds. The Balaban J connectivity index is 1.34. The molecular weight excluding hydrogens is 516 g/mol. The number of carbonyl (C=O) groups is 1. The number of benzene rings is 2. The van der Waals surface area contributed by atoms with Crippen molar-refractivity contribution in [1.82, 2.24) is 19.5 Å². The lowest BCUT2D eigenvalue weighted by Gasteiger charge is -2.40. The predicted octanol–water partition coefficient (Wildman–Crippen LogP) is 2.59. The molecule has 11 heteroatoms. The maximum atomic E-state index is 14.0. The molecule has 2 aromatic carbocycles. The van der Waals surface area contributed by atoms with Gasteiger partial charge in [-0.15, -0.1) is 0 Å². The molecule has 1 spiro atoms. The number of nitrogens with zero attached hydrogens (tertiary/aromatic N) is 5. The molecule has 6 rings (SSSR count). The van der Waals surface area contributed by atoms with Gasteiger partial charge in [0.1, 0.15) is 17.3 Å². The average Bonchev–Trinajstić information content (AvgIpc) is 3.51. The number of nitrogens with two attached hydrogens (primary N) is 1. The van der Waals surface area contributed by atoms with E-state index in [2.05, 4.69) is 16.1 Å². The number of rotatable bonds is 6. The summed E-state index contributed by atoms with van der Waals surface area (Å²) in [4.78, 5) is 21.8. The molecule has 1 fully saturated rings. The number of amides is 1. The Hall–Kier alpha value is -3.80. The Morgan fingerprint density at radius 1 is 1.08 bits per heavy atom. The molecule has 1 aliphatic carbocycles. The van der Waals surface area contributed by atoms with E-state index in [1.807, 2.05) is 48.5 Å². The molecule has 3 N–H and O–H groups in total. The van der Waals surface area contributed by atoms with Crippen LogP contribution in [0.3, 0.4) is 0 Å². The molecule has 3 heterocycles. The van der Waals surface area contributed by atoms with Gasteiger partial charge in [-0.25, -0.2) is 18.5 Å². The quantitative estimate of drug-likeness (QED) is 0.380. The van der Waals surface area contributed by atoms with Crippen LogP contribution in [0.1, 0.15) is 52.4 Å². The summed E-state index contributed by atoms with van der Waals surface area (Å²) in [6, 6.07) is 19.1.